The second-order valence-corrected chi connectivity index (χ2v) is 10.6. The summed E-state index contributed by atoms with van der Waals surface area (Å²) in [5, 5.41) is 6.53. The van der Waals surface area contributed by atoms with Gasteiger partial charge in [0.2, 0.25) is 5.91 Å². The minimum atomic E-state index is -0.610. The van der Waals surface area contributed by atoms with E-state index in [0.717, 1.165) is 10.9 Å². The van der Waals surface area contributed by atoms with Crippen molar-refractivity contribution in [2.45, 2.75) is 13.5 Å². The van der Waals surface area contributed by atoms with Crippen molar-refractivity contribution < 1.29 is 23.9 Å². The number of aryl methyl sites for hydroxylation is 1. The van der Waals surface area contributed by atoms with E-state index >= 15 is 0 Å². The van der Waals surface area contributed by atoms with Crippen molar-refractivity contribution in [3.8, 4) is 11.5 Å². The molecule has 0 bridgehead atoms. The molecular weight excluding hydrogens is 593 g/mol. The molecular formula is C31H31Cl2N5O5. The number of anilines is 2. The molecule has 4 amide bonds. The van der Waals surface area contributed by atoms with Crippen LogP contribution in [0.5, 0.6) is 11.5 Å². The fourth-order valence-electron chi connectivity index (χ4n) is 4.35. The van der Waals surface area contributed by atoms with E-state index in [1.807, 2.05) is 31.2 Å². The summed E-state index contributed by atoms with van der Waals surface area (Å²) in [6, 6.07) is 16.7. The van der Waals surface area contributed by atoms with Crippen LogP contribution < -0.4 is 25.0 Å². The predicted molar refractivity (Wildman–Crippen MR) is 169 cm³/mol. The van der Waals surface area contributed by atoms with E-state index < -0.39 is 11.9 Å². The molecule has 0 aliphatic rings. The molecule has 4 rings (SSSR count). The van der Waals surface area contributed by atoms with E-state index in [1.165, 1.54) is 9.80 Å². The van der Waals surface area contributed by atoms with Crippen molar-refractivity contribution in [3.05, 3.63) is 87.5 Å². The first-order valence-corrected chi connectivity index (χ1v) is 13.9. The van der Waals surface area contributed by atoms with E-state index in [2.05, 4.69) is 15.6 Å². The lowest BCUT2D eigenvalue weighted by molar-refractivity contribution is -0.117. The Morgan fingerprint density at radius 3 is 2.42 bits per heavy atom. The van der Waals surface area contributed by atoms with Crippen molar-refractivity contribution in [2.75, 3.05) is 45.0 Å². The van der Waals surface area contributed by atoms with Crippen LogP contribution in [0.15, 0.2) is 60.7 Å². The number of halogens is 2. The molecule has 0 saturated heterocycles. The van der Waals surface area contributed by atoms with Gasteiger partial charge in [-0.25, -0.2) is 9.78 Å². The fourth-order valence-corrected chi connectivity index (χ4v) is 4.95. The standard InChI is InChI=1S/C31H31Cl2N5O5/c1-18-28(29(42-5)21-11-6-7-12-24(21)35-18)43-17-22-23(32)13-14-25(27(22)33)38(4)26(39)16-34-31(41)36-20-10-8-9-19(15-20)30(40)37(2)3/h6-15H,16-17H2,1-5H3,(H2,34,36,41). The van der Waals surface area contributed by atoms with Crippen molar-refractivity contribution in [1.29, 1.82) is 0 Å². The van der Waals surface area contributed by atoms with Gasteiger partial charge in [0.05, 0.1) is 35.6 Å². The highest BCUT2D eigenvalue weighted by atomic mass is 35.5. The molecule has 1 heterocycles. The molecule has 0 aliphatic carbocycles. The van der Waals surface area contributed by atoms with Crippen LogP contribution in [0.25, 0.3) is 10.9 Å². The van der Waals surface area contributed by atoms with Gasteiger partial charge in [0.15, 0.2) is 11.5 Å². The maximum Gasteiger partial charge on any atom is 0.319 e. The molecule has 0 aliphatic heterocycles. The molecule has 0 atom stereocenters. The monoisotopic (exact) mass is 623 g/mol. The largest absolute Gasteiger partial charge is 0.492 e. The molecule has 12 heteroatoms. The molecule has 43 heavy (non-hydrogen) atoms. The van der Waals surface area contributed by atoms with Crippen LogP contribution in [0.3, 0.4) is 0 Å². The number of carbonyl (C=O) groups is 3. The Morgan fingerprint density at radius 2 is 1.70 bits per heavy atom. The minimum absolute atomic E-state index is 0.0131. The van der Waals surface area contributed by atoms with Crippen molar-refractivity contribution in [2.24, 2.45) is 0 Å². The average molecular weight is 625 g/mol. The van der Waals surface area contributed by atoms with Gasteiger partial charge in [0, 0.05) is 48.4 Å². The lowest BCUT2D eigenvalue weighted by Gasteiger charge is -2.22. The number of ether oxygens (including phenoxy) is 2. The molecule has 0 saturated carbocycles. The molecule has 0 radical (unpaired) electrons. The number of nitrogens with one attached hydrogen (secondary N) is 2. The SMILES string of the molecule is COc1c(OCc2c(Cl)ccc(N(C)C(=O)CNC(=O)Nc3cccc(C(=O)N(C)C)c3)c2Cl)c(C)nc2ccccc12. The third-order valence-electron chi connectivity index (χ3n) is 6.61. The quantitative estimate of drug-likeness (QED) is 0.239. The Balaban J connectivity index is 1.44. The van der Waals surface area contributed by atoms with Gasteiger partial charge in [-0.2, -0.15) is 0 Å². The molecule has 224 valence electrons. The van der Waals surface area contributed by atoms with Crippen LogP contribution in [0.4, 0.5) is 16.2 Å². The number of aromatic nitrogens is 1. The lowest BCUT2D eigenvalue weighted by Crippen LogP contribution is -2.40. The Hall–Kier alpha value is -4.54. The van der Waals surface area contributed by atoms with Crippen LogP contribution in [-0.2, 0) is 11.4 Å². The summed E-state index contributed by atoms with van der Waals surface area (Å²) in [5.41, 5.74) is 3.08. The zero-order chi connectivity index (χ0) is 31.3. The minimum Gasteiger partial charge on any atom is -0.492 e. The Bertz CT molecular complexity index is 1700. The molecule has 0 fully saturated rings. The van der Waals surface area contributed by atoms with Crippen LogP contribution in [0.2, 0.25) is 10.0 Å². The van der Waals surface area contributed by atoms with Gasteiger partial charge in [-0.3, -0.25) is 9.59 Å². The number of amides is 4. The summed E-state index contributed by atoms with van der Waals surface area (Å²) in [5.74, 6) is 0.363. The van der Waals surface area contributed by atoms with E-state index in [0.29, 0.717) is 44.7 Å². The maximum atomic E-state index is 13.0. The van der Waals surface area contributed by atoms with Gasteiger partial charge in [0.1, 0.15) is 6.61 Å². The molecule has 0 spiro atoms. The summed E-state index contributed by atoms with van der Waals surface area (Å²) in [7, 11) is 6.38. The fraction of sp³-hybridized carbons (Fsp3) is 0.226. The van der Waals surface area contributed by atoms with Crippen molar-refractivity contribution in [1.82, 2.24) is 15.2 Å². The average Bonchev–Trinajstić information content (AvgIpc) is 2.99. The molecule has 10 nitrogen and oxygen atoms in total. The highest BCUT2D eigenvalue weighted by Gasteiger charge is 2.21. The van der Waals surface area contributed by atoms with Gasteiger partial charge in [-0.1, -0.05) is 41.4 Å². The summed E-state index contributed by atoms with van der Waals surface area (Å²) < 4.78 is 11.8. The first-order chi connectivity index (χ1) is 20.5. The van der Waals surface area contributed by atoms with E-state index in [1.54, 1.807) is 64.7 Å². The second-order valence-electron chi connectivity index (χ2n) is 9.77. The maximum absolute atomic E-state index is 13.0. The smallest absolute Gasteiger partial charge is 0.319 e. The summed E-state index contributed by atoms with van der Waals surface area (Å²) in [6.45, 7) is 1.49. The Kier molecular flexibility index (Phi) is 9.95. The number of fused-ring (bicyclic) bond motifs is 1. The molecule has 0 unspecified atom stereocenters. The van der Waals surface area contributed by atoms with Crippen LogP contribution >= 0.6 is 23.2 Å². The number of urea groups is 1. The highest BCUT2D eigenvalue weighted by Crippen LogP contribution is 2.39. The van der Waals surface area contributed by atoms with Crippen LogP contribution in [0.1, 0.15) is 21.6 Å². The third kappa shape index (κ3) is 7.10. The molecule has 4 aromatic rings. The lowest BCUT2D eigenvalue weighted by atomic mass is 10.1. The summed E-state index contributed by atoms with van der Waals surface area (Å²) >= 11 is 13.2. The molecule has 2 N–H and O–H groups in total. The number of benzene rings is 3. The van der Waals surface area contributed by atoms with Crippen LogP contribution in [-0.4, -0.2) is 62.5 Å². The van der Waals surface area contributed by atoms with Gasteiger partial charge in [-0.05, 0) is 49.4 Å². The number of pyridine rings is 1. The summed E-state index contributed by atoms with van der Waals surface area (Å²) in [6.07, 6.45) is 0. The third-order valence-corrected chi connectivity index (χ3v) is 7.39. The molecule has 1 aromatic heterocycles. The van der Waals surface area contributed by atoms with Gasteiger partial charge in [-0.15, -0.1) is 0 Å². The van der Waals surface area contributed by atoms with Gasteiger partial charge >= 0.3 is 6.03 Å². The zero-order valence-electron chi connectivity index (χ0n) is 24.3. The van der Waals surface area contributed by atoms with Gasteiger partial charge in [0.25, 0.3) is 5.91 Å². The second kappa shape index (κ2) is 13.6. The first kappa shape index (κ1) is 31.4. The van der Waals surface area contributed by atoms with Gasteiger partial charge < -0.3 is 29.9 Å². The van der Waals surface area contributed by atoms with Crippen LogP contribution in [0, 0.1) is 6.92 Å². The number of nitrogens with zero attached hydrogens (tertiary/aromatic N) is 3. The number of likely N-dealkylation sites (N-methyl/N-ethyl adjacent to an activating group) is 1. The van der Waals surface area contributed by atoms with E-state index in [4.69, 9.17) is 32.7 Å². The number of hydrogen-bond donors (Lipinski definition) is 2. The number of methoxy groups -OCH3 is 1. The van der Waals surface area contributed by atoms with E-state index in [9.17, 15) is 14.4 Å². The number of rotatable bonds is 9. The normalized spacial score (nSPS) is 10.7. The number of carbonyl (C=O) groups excluding carboxylic acids is 3. The number of hydrogen-bond acceptors (Lipinski definition) is 6. The summed E-state index contributed by atoms with van der Waals surface area (Å²) in [4.78, 5) is 45.0. The predicted octanol–water partition coefficient (Wildman–Crippen LogP) is 5.92. The van der Waals surface area contributed by atoms with Crippen molar-refractivity contribution >= 4 is 63.3 Å². The zero-order valence-corrected chi connectivity index (χ0v) is 25.8. The van der Waals surface area contributed by atoms with E-state index in [-0.39, 0.29) is 24.1 Å². The molecule has 3 aromatic carbocycles. The Labute approximate surface area is 259 Å². The first-order valence-electron chi connectivity index (χ1n) is 13.2. The number of para-hydroxylation sites is 1. The van der Waals surface area contributed by atoms with Crippen molar-refractivity contribution in [3.63, 3.8) is 0 Å². The Morgan fingerprint density at radius 1 is 0.953 bits per heavy atom. The highest BCUT2D eigenvalue weighted by molar-refractivity contribution is 6.38. The topological polar surface area (TPSA) is 113 Å².